The average molecular weight is 612 g/mol. The normalized spacial score (nSPS) is 20.0. The SMILES string of the molecule is NC(N)=NCCC[C@H](NC(=O)[C@@H]1CCCN1C(=O)[C@@H]1CCCN1C(=O)[C@@H](N)CCCN=C(N)N)C(=O)N[C@@H](CO)C(=O)O. The molecule has 18 nitrogen and oxygen atoms in total. The molecule has 5 atom stereocenters. The third-order valence-corrected chi connectivity index (χ3v) is 7.32. The zero-order valence-electron chi connectivity index (χ0n) is 24.2. The number of aliphatic carboxylic acids is 1. The molecule has 43 heavy (non-hydrogen) atoms. The summed E-state index contributed by atoms with van der Waals surface area (Å²) in [4.78, 5) is 74.9. The summed E-state index contributed by atoms with van der Waals surface area (Å²) < 4.78 is 0. The molecule has 14 N–H and O–H groups in total. The Morgan fingerprint density at radius 3 is 1.93 bits per heavy atom. The number of carboxylic acid groups (broad SMARTS) is 1. The maximum atomic E-state index is 13.6. The number of amides is 4. The van der Waals surface area contributed by atoms with Gasteiger partial charge in [0.2, 0.25) is 23.6 Å². The number of aliphatic hydroxyl groups excluding tert-OH is 1. The van der Waals surface area contributed by atoms with Gasteiger partial charge < -0.3 is 59.3 Å². The van der Waals surface area contributed by atoms with Crippen LogP contribution >= 0.6 is 0 Å². The number of aliphatic imine (C=N–C) groups is 2. The highest BCUT2D eigenvalue weighted by atomic mass is 16.4. The first kappa shape index (κ1) is 35.0. The number of carboxylic acids is 1. The molecule has 0 unspecified atom stereocenters. The van der Waals surface area contributed by atoms with E-state index in [0.717, 1.165) is 0 Å². The summed E-state index contributed by atoms with van der Waals surface area (Å²) in [6.45, 7) is 0.264. The number of carbonyl (C=O) groups excluding carboxylic acids is 4. The minimum absolute atomic E-state index is 0.0539. The number of hydrogen-bond donors (Lipinski definition) is 9. The Kier molecular flexibility index (Phi) is 13.9. The number of carbonyl (C=O) groups is 5. The summed E-state index contributed by atoms with van der Waals surface area (Å²) >= 11 is 0. The number of nitrogens with one attached hydrogen (secondary N) is 2. The van der Waals surface area contributed by atoms with Crippen molar-refractivity contribution >= 4 is 41.5 Å². The third-order valence-electron chi connectivity index (χ3n) is 7.32. The maximum absolute atomic E-state index is 13.6. The fourth-order valence-electron chi connectivity index (χ4n) is 5.14. The van der Waals surface area contributed by atoms with Gasteiger partial charge in [-0.2, -0.15) is 0 Å². The van der Waals surface area contributed by atoms with E-state index in [2.05, 4.69) is 20.6 Å². The van der Waals surface area contributed by atoms with Crippen molar-refractivity contribution in [1.29, 1.82) is 0 Å². The van der Waals surface area contributed by atoms with E-state index in [9.17, 15) is 34.2 Å². The lowest BCUT2D eigenvalue weighted by Gasteiger charge is -2.32. The van der Waals surface area contributed by atoms with Crippen molar-refractivity contribution in [3.63, 3.8) is 0 Å². The Hall–Kier alpha value is -4.19. The summed E-state index contributed by atoms with van der Waals surface area (Å²) in [6.07, 6.45) is 3.02. The molecule has 2 aliphatic heterocycles. The van der Waals surface area contributed by atoms with Crippen LogP contribution in [-0.2, 0) is 24.0 Å². The van der Waals surface area contributed by atoms with Crippen LogP contribution in [0.5, 0.6) is 0 Å². The van der Waals surface area contributed by atoms with Crippen LogP contribution in [0.25, 0.3) is 0 Å². The molecule has 2 fully saturated rings. The first-order valence-electron chi connectivity index (χ1n) is 14.3. The number of aliphatic hydroxyl groups is 1. The Labute approximate surface area is 249 Å². The van der Waals surface area contributed by atoms with Crippen LogP contribution in [0.3, 0.4) is 0 Å². The number of likely N-dealkylation sites (tertiary alicyclic amines) is 2. The average Bonchev–Trinajstić information content (AvgIpc) is 3.64. The molecule has 2 heterocycles. The molecule has 242 valence electrons. The summed E-state index contributed by atoms with van der Waals surface area (Å²) in [7, 11) is 0. The molecule has 0 spiro atoms. The molecule has 0 radical (unpaired) electrons. The van der Waals surface area contributed by atoms with E-state index in [-0.39, 0.29) is 49.7 Å². The summed E-state index contributed by atoms with van der Waals surface area (Å²) in [5.41, 5.74) is 27.4. The molecule has 0 saturated carbocycles. The first-order valence-corrected chi connectivity index (χ1v) is 14.3. The van der Waals surface area contributed by atoms with E-state index in [1.807, 2.05) is 0 Å². The monoisotopic (exact) mass is 611 g/mol. The van der Waals surface area contributed by atoms with Gasteiger partial charge in [-0.25, -0.2) is 4.79 Å². The van der Waals surface area contributed by atoms with Crippen LogP contribution in [0, 0.1) is 0 Å². The van der Waals surface area contributed by atoms with Crippen molar-refractivity contribution in [2.75, 3.05) is 32.8 Å². The molecule has 2 aliphatic rings. The van der Waals surface area contributed by atoms with Crippen LogP contribution < -0.4 is 39.3 Å². The van der Waals surface area contributed by atoms with Gasteiger partial charge >= 0.3 is 5.97 Å². The molecule has 0 bridgehead atoms. The number of rotatable bonds is 16. The molecular formula is C25H45N11O7. The van der Waals surface area contributed by atoms with Gasteiger partial charge in [-0.05, 0) is 51.4 Å². The van der Waals surface area contributed by atoms with Crippen LogP contribution in [0.1, 0.15) is 51.4 Å². The van der Waals surface area contributed by atoms with Crippen molar-refractivity contribution < 1.29 is 34.2 Å². The second-order valence-corrected chi connectivity index (χ2v) is 10.5. The molecule has 2 rings (SSSR count). The second kappa shape index (κ2) is 17.1. The van der Waals surface area contributed by atoms with E-state index >= 15 is 0 Å². The van der Waals surface area contributed by atoms with Crippen LogP contribution in [0.4, 0.5) is 0 Å². The lowest BCUT2D eigenvalue weighted by Crippen LogP contribution is -2.58. The van der Waals surface area contributed by atoms with Crippen LogP contribution in [-0.4, -0.2) is 125 Å². The van der Waals surface area contributed by atoms with Crippen LogP contribution in [0.15, 0.2) is 9.98 Å². The van der Waals surface area contributed by atoms with Gasteiger partial charge in [0.15, 0.2) is 11.9 Å². The van der Waals surface area contributed by atoms with E-state index in [4.69, 9.17) is 28.7 Å². The Bertz CT molecular complexity index is 1060. The smallest absolute Gasteiger partial charge is 0.328 e. The topological polar surface area (TPSA) is 311 Å². The fraction of sp³-hybridized carbons (Fsp3) is 0.720. The predicted molar refractivity (Wildman–Crippen MR) is 156 cm³/mol. The number of nitrogens with zero attached hydrogens (tertiary/aromatic N) is 4. The van der Waals surface area contributed by atoms with Gasteiger partial charge in [-0.15, -0.1) is 0 Å². The van der Waals surface area contributed by atoms with Crippen molar-refractivity contribution in [1.82, 2.24) is 20.4 Å². The standard InChI is InChI=1S/C25H45N11O7/c26-14(5-1-9-31-24(27)28)21(40)36-12-4-8-18(36)22(41)35-11-3-7-17(35)20(39)33-15(6-2-10-32-25(29)30)19(38)34-16(13-37)23(42)43/h14-18,37H,1-13,26H2,(H,33,39)(H,34,38)(H,42,43)(H4,27,28,31)(H4,29,30,32)/t14-,15-,16-,17-,18-/m0/s1. The van der Waals surface area contributed by atoms with E-state index in [1.165, 1.54) is 9.80 Å². The first-order chi connectivity index (χ1) is 20.4. The Balaban J connectivity index is 2.10. The molecule has 4 amide bonds. The molecular weight excluding hydrogens is 566 g/mol. The van der Waals surface area contributed by atoms with Gasteiger partial charge in [-0.3, -0.25) is 29.2 Å². The Morgan fingerprint density at radius 1 is 0.814 bits per heavy atom. The summed E-state index contributed by atoms with van der Waals surface area (Å²) in [5, 5.41) is 23.3. The van der Waals surface area contributed by atoms with Gasteiger partial charge in [0.1, 0.15) is 24.2 Å². The molecule has 0 aliphatic carbocycles. The highest BCUT2D eigenvalue weighted by Crippen LogP contribution is 2.26. The number of guanidine groups is 2. The third kappa shape index (κ3) is 10.5. The molecule has 2 saturated heterocycles. The van der Waals surface area contributed by atoms with E-state index in [0.29, 0.717) is 51.6 Å². The zero-order chi connectivity index (χ0) is 32.1. The maximum Gasteiger partial charge on any atom is 0.328 e. The van der Waals surface area contributed by atoms with Crippen molar-refractivity contribution in [2.24, 2.45) is 38.7 Å². The quantitative estimate of drug-likeness (QED) is 0.0453. The number of nitrogens with two attached hydrogens (primary N) is 5. The highest BCUT2D eigenvalue weighted by Gasteiger charge is 2.43. The minimum atomic E-state index is -1.57. The van der Waals surface area contributed by atoms with Crippen molar-refractivity contribution in [3.8, 4) is 0 Å². The van der Waals surface area contributed by atoms with Crippen molar-refractivity contribution in [3.05, 3.63) is 0 Å². The predicted octanol–water partition coefficient (Wildman–Crippen LogP) is -4.55. The molecule has 0 aromatic rings. The summed E-state index contributed by atoms with van der Waals surface area (Å²) in [5.74, 6) is -3.82. The van der Waals surface area contributed by atoms with Gasteiger partial charge in [0, 0.05) is 26.2 Å². The largest absolute Gasteiger partial charge is 0.480 e. The Morgan fingerprint density at radius 2 is 1.37 bits per heavy atom. The van der Waals surface area contributed by atoms with Crippen molar-refractivity contribution in [2.45, 2.75) is 81.6 Å². The molecule has 18 heteroatoms. The van der Waals surface area contributed by atoms with Crippen LogP contribution in [0.2, 0.25) is 0 Å². The van der Waals surface area contributed by atoms with Gasteiger partial charge in [0.25, 0.3) is 0 Å². The molecule has 0 aromatic carbocycles. The lowest BCUT2D eigenvalue weighted by atomic mass is 10.1. The van der Waals surface area contributed by atoms with Gasteiger partial charge in [0.05, 0.1) is 12.6 Å². The zero-order valence-corrected chi connectivity index (χ0v) is 24.2. The fourth-order valence-corrected chi connectivity index (χ4v) is 5.14. The molecule has 0 aromatic heterocycles. The van der Waals surface area contributed by atoms with E-state index in [1.54, 1.807) is 0 Å². The summed E-state index contributed by atoms with van der Waals surface area (Å²) in [6, 6.07) is -5.28. The lowest BCUT2D eigenvalue weighted by molar-refractivity contribution is -0.147. The minimum Gasteiger partial charge on any atom is -0.480 e. The second-order valence-electron chi connectivity index (χ2n) is 10.5. The highest BCUT2D eigenvalue weighted by molar-refractivity contribution is 5.96. The number of hydrogen-bond acceptors (Lipinski definition) is 9. The van der Waals surface area contributed by atoms with E-state index < -0.39 is 54.6 Å². The van der Waals surface area contributed by atoms with Gasteiger partial charge in [-0.1, -0.05) is 0 Å².